The van der Waals surface area contributed by atoms with E-state index in [0.29, 0.717) is 0 Å². The van der Waals surface area contributed by atoms with E-state index < -0.39 is 0 Å². The Kier molecular flexibility index (Phi) is 4.28. The van der Waals surface area contributed by atoms with Crippen LogP contribution in [0.4, 0.5) is 0 Å². The highest BCUT2D eigenvalue weighted by molar-refractivity contribution is 5.81. The topological polar surface area (TPSA) is 28.2 Å². The molecule has 1 aliphatic rings. The van der Waals surface area contributed by atoms with E-state index in [1.807, 2.05) is 12.4 Å². The van der Waals surface area contributed by atoms with Gasteiger partial charge in [0.2, 0.25) is 0 Å². The van der Waals surface area contributed by atoms with E-state index in [-0.39, 0.29) is 0 Å². The molecule has 1 fully saturated rings. The third kappa shape index (κ3) is 3.35. The van der Waals surface area contributed by atoms with Crippen molar-refractivity contribution in [1.82, 2.24) is 15.2 Å². The lowest BCUT2D eigenvalue weighted by Crippen LogP contribution is -2.33. The average Bonchev–Trinajstić information content (AvgIpc) is 3.32. The van der Waals surface area contributed by atoms with E-state index in [0.717, 1.165) is 19.1 Å². The fraction of sp³-hybridized carbons (Fsp3) is 0.471. The Hall–Kier alpha value is -1.45. The van der Waals surface area contributed by atoms with Crippen LogP contribution in [0.5, 0.6) is 0 Å². The van der Waals surface area contributed by atoms with Gasteiger partial charge >= 0.3 is 0 Å². The molecule has 1 saturated carbocycles. The largest absolute Gasteiger partial charge is 0.311 e. The summed E-state index contributed by atoms with van der Waals surface area (Å²) in [6, 6.07) is 9.54. The van der Waals surface area contributed by atoms with Crippen molar-refractivity contribution in [3.8, 4) is 0 Å². The van der Waals surface area contributed by atoms with Crippen LogP contribution in [0.1, 0.15) is 25.3 Å². The van der Waals surface area contributed by atoms with E-state index in [4.69, 9.17) is 0 Å². The van der Waals surface area contributed by atoms with Gasteiger partial charge in [0.15, 0.2) is 0 Å². The summed E-state index contributed by atoms with van der Waals surface area (Å²) >= 11 is 0. The van der Waals surface area contributed by atoms with Gasteiger partial charge in [0.1, 0.15) is 0 Å². The molecule has 0 radical (unpaired) electrons. The number of hydrogen-bond donors (Lipinski definition) is 1. The number of nitrogens with zero attached hydrogens (tertiary/aromatic N) is 2. The maximum atomic E-state index is 4.15. The first-order valence-corrected chi connectivity index (χ1v) is 7.64. The average molecular weight is 269 g/mol. The zero-order chi connectivity index (χ0) is 13.8. The minimum atomic E-state index is 0.870. The summed E-state index contributed by atoms with van der Waals surface area (Å²) in [6.07, 6.45) is 6.56. The number of benzene rings is 1. The fourth-order valence-corrected chi connectivity index (χ4v) is 2.74. The van der Waals surface area contributed by atoms with Crippen molar-refractivity contribution in [2.45, 2.75) is 32.4 Å². The van der Waals surface area contributed by atoms with Crippen molar-refractivity contribution in [3.63, 3.8) is 0 Å². The number of hydrogen-bond acceptors (Lipinski definition) is 3. The van der Waals surface area contributed by atoms with Crippen LogP contribution < -0.4 is 5.32 Å². The van der Waals surface area contributed by atoms with Gasteiger partial charge in [0.05, 0.1) is 0 Å². The third-order valence-electron chi connectivity index (χ3n) is 4.08. The second-order valence-corrected chi connectivity index (χ2v) is 5.59. The number of nitrogens with one attached hydrogen (secondary N) is 1. The predicted octanol–water partition coefficient (Wildman–Crippen LogP) is 2.81. The quantitative estimate of drug-likeness (QED) is 0.783. The van der Waals surface area contributed by atoms with Gasteiger partial charge in [-0.15, -0.1) is 0 Å². The van der Waals surface area contributed by atoms with Gasteiger partial charge in [-0.25, -0.2) is 0 Å². The van der Waals surface area contributed by atoms with E-state index in [2.05, 4.69) is 46.4 Å². The highest BCUT2D eigenvalue weighted by Crippen LogP contribution is 2.25. The van der Waals surface area contributed by atoms with Crippen LogP contribution >= 0.6 is 0 Å². The molecule has 0 atom stereocenters. The molecule has 0 aliphatic heterocycles. The summed E-state index contributed by atoms with van der Waals surface area (Å²) < 4.78 is 0. The molecule has 1 aromatic heterocycles. The Morgan fingerprint density at radius 2 is 2.15 bits per heavy atom. The van der Waals surface area contributed by atoms with Crippen molar-refractivity contribution < 1.29 is 0 Å². The molecule has 0 saturated heterocycles. The smallest absolute Gasteiger partial charge is 0.0346 e. The summed E-state index contributed by atoms with van der Waals surface area (Å²) in [6.45, 7) is 6.61. The van der Waals surface area contributed by atoms with Crippen LogP contribution in [0, 0.1) is 0 Å². The van der Waals surface area contributed by atoms with Crippen LogP contribution in [0.2, 0.25) is 0 Å². The SMILES string of the molecule is CCN(CCNCc1ccc2cnccc2c1)C1CC1. The molecule has 0 bridgehead atoms. The minimum Gasteiger partial charge on any atom is -0.311 e. The monoisotopic (exact) mass is 269 g/mol. The lowest BCUT2D eigenvalue weighted by molar-refractivity contribution is 0.277. The molecule has 1 N–H and O–H groups in total. The first-order valence-electron chi connectivity index (χ1n) is 7.64. The van der Waals surface area contributed by atoms with E-state index >= 15 is 0 Å². The Morgan fingerprint density at radius 3 is 2.95 bits per heavy atom. The third-order valence-corrected chi connectivity index (χ3v) is 4.08. The van der Waals surface area contributed by atoms with Crippen molar-refractivity contribution in [3.05, 3.63) is 42.2 Å². The first-order chi connectivity index (χ1) is 9.86. The summed E-state index contributed by atoms with van der Waals surface area (Å²) in [5, 5.41) is 6.04. The summed E-state index contributed by atoms with van der Waals surface area (Å²) in [7, 11) is 0. The fourth-order valence-electron chi connectivity index (χ4n) is 2.74. The summed E-state index contributed by atoms with van der Waals surface area (Å²) in [4.78, 5) is 6.73. The first kappa shape index (κ1) is 13.5. The van der Waals surface area contributed by atoms with Crippen LogP contribution in [-0.2, 0) is 6.54 Å². The molecular weight excluding hydrogens is 246 g/mol. The molecular formula is C17H23N3. The molecule has 3 nitrogen and oxygen atoms in total. The molecule has 106 valence electrons. The maximum Gasteiger partial charge on any atom is 0.0346 e. The van der Waals surface area contributed by atoms with Gasteiger partial charge in [0, 0.05) is 43.5 Å². The Balaban J connectivity index is 1.49. The number of rotatable bonds is 7. The summed E-state index contributed by atoms with van der Waals surface area (Å²) in [5.74, 6) is 0. The van der Waals surface area contributed by atoms with Gasteiger partial charge in [0.25, 0.3) is 0 Å². The number of likely N-dealkylation sites (N-methyl/N-ethyl adjacent to an activating group) is 1. The zero-order valence-electron chi connectivity index (χ0n) is 12.2. The van der Waals surface area contributed by atoms with Gasteiger partial charge in [-0.1, -0.05) is 19.1 Å². The van der Waals surface area contributed by atoms with E-state index in [9.17, 15) is 0 Å². The van der Waals surface area contributed by atoms with Crippen molar-refractivity contribution in [2.24, 2.45) is 0 Å². The Bertz CT molecular complexity index is 563. The van der Waals surface area contributed by atoms with Gasteiger partial charge in [-0.2, -0.15) is 0 Å². The van der Waals surface area contributed by atoms with Crippen LogP contribution in [0.15, 0.2) is 36.7 Å². The molecule has 1 aromatic carbocycles. The molecule has 2 aromatic rings. The maximum absolute atomic E-state index is 4.15. The van der Waals surface area contributed by atoms with Crippen molar-refractivity contribution in [2.75, 3.05) is 19.6 Å². The van der Waals surface area contributed by atoms with E-state index in [1.165, 1.54) is 42.3 Å². The molecule has 3 heteroatoms. The van der Waals surface area contributed by atoms with Crippen molar-refractivity contribution in [1.29, 1.82) is 0 Å². The summed E-state index contributed by atoms with van der Waals surface area (Å²) in [5.41, 5.74) is 1.35. The number of pyridine rings is 1. The molecule has 3 rings (SSSR count). The Labute approximate surface area is 121 Å². The van der Waals surface area contributed by atoms with Gasteiger partial charge in [-0.3, -0.25) is 9.88 Å². The van der Waals surface area contributed by atoms with Crippen LogP contribution in [0.3, 0.4) is 0 Å². The van der Waals surface area contributed by atoms with Crippen LogP contribution in [-0.4, -0.2) is 35.6 Å². The lowest BCUT2D eigenvalue weighted by Gasteiger charge is -2.19. The van der Waals surface area contributed by atoms with Crippen LogP contribution in [0.25, 0.3) is 10.8 Å². The molecule has 0 amide bonds. The molecule has 1 aliphatic carbocycles. The highest BCUT2D eigenvalue weighted by Gasteiger charge is 2.26. The zero-order valence-corrected chi connectivity index (χ0v) is 12.2. The highest BCUT2D eigenvalue weighted by atomic mass is 15.2. The second kappa shape index (κ2) is 6.33. The van der Waals surface area contributed by atoms with E-state index in [1.54, 1.807) is 0 Å². The van der Waals surface area contributed by atoms with Gasteiger partial charge in [-0.05, 0) is 42.5 Å². The molecule has 20 heavy (non-hydrogen) atoms. The second-order valence-electron chi connectivity index (χ2n) is 5.59. The Morgan fingerprint density at radius 1 is 1.25 bits per heavy atom. The lowest BCUT2D eigenvalue weighted by atomic mass is 10.1. The molecule has 0 unspecified atom stereocenters. The predicted molar refractivity (Wildman–Crippen MR) is 83.7 cm³/mol. The molecule has 1 heterocycles. The minimum absolute atomic E-state index is 0.870. The standard InChI is InChI=1S/C17H23N3/c1-2-20(17-5-6-17)10-9-19-12-14-3-4-16-13-18-8-7-15(16)11-14/h3-4,7-8,11,13,17,19H,2,5-6,9-10,12H2,1H3. The van der Waals surface area contributed by atoms with Crippen molar-refractivity contribution >= 4 is 10.8 Å². The number of fused-ring (bicyclic) bond motifs is 1. The number of aromatic nitrogens is 1. The molecule has 0 spiro atoms. The normalized spacial score (nSPS) is 15.1. The van der Waals surface area contributed by atoms with Gasteiger partial charge < -0.3 is 5.32 Å².